The number of benzene rings is 2. The van der Waals surface area contributed by atoms with E-state index in [4.69, 9.17) is 0 Å². The Kier molecular flexibility index (Phi) is 6.36. The fourth-order valence-electron chi connectivity index (χ4n) is 5.28. The Bertz CT molecular complexity index is 1290. The van der Waals surface area contributed by atoms with Crippen LogP contribution in [0.2, 0.25) is 0 Å². The molecule has 0 spiro atoms. The number of fused-ring (bicyclic) bond motifs is 1. The molecule has 1 aromatic heterocycles. The van der Waals surface area contributed by atoms with Gasteiger partial charge in [-0.2, -0.15) is 13.2 Å². The van der Waals surface area contributed by atoms with E-state index in [2.05, 4.69) is 15.1 Å². The molecule has 36 heavy (non-hydrogen) atoms. The van der Waals surface area contributed by atoms with Gasteiger partial charge in [-0.3, -0.25) is 4.79 Å². The Hall–Kier alpha value is -2.85. The number of halogens is 3. The number of alkyl halides is 3. The Morgan fingerprint density at radius 1 is 1.19 bits per heavy atom. The van der Waals surface area contributed by atoms with Gasteiger partial charge in [0, 0.05) is 36.9 Å². The number of hydrogen-bond donors (Lipinski definition) is 1. The molecule has 0 amide bonds. The summed E-state index contributed by atoms with van der Waals surface area (Å²) in [5.74, 6) is 1.88. The van der Waals surface area contributed by atoms with Crippen molar-refractivity contribution in [3.63, 3.8) is 0 Å². The van der Waals surface area contributed by atoms with Crippen molar-refractivity contribution in [3.8, 4) is 17.1 Å². The van der Waals surface area contributed by atoms with Crippen molar-refractivity contribution in [2.24, 2.45) is 13.0 Å². The molecule has 2 atom stereocenters. The molecule has 1 aliphatic heterocycles. The lowest BCUT2D eigenvalue weighted by Crippen LogP contribution is -2.28. The molecule has 0 bridgehead atoms. The van der Waals surface area contributed by atoms with Crippen molar-refractivity contribution in [1.29, 1.82) is 0 Å². The summed E-state index contributed by atoms with van der Waals surface area (Å²) in [6.07, 6.45) is -2.28. The van der Waals surface area contributed by atoms with Crippen LogP contribution in [-0.4, -0.2) is 55.9 Å². The Balaban J connectivity index is 1.14. The first-order chi connectivity index (χ1) is 17.1. The monoisotopic (exact) mass is 516 g/mol. The first-order valence-corrected chi connectivity index (χ1v) is 12.8. The van der Waals surface area contributed by atoms with Gasteiger partial charge in [0.05, 0.1) is 11.1 Å². The molecule has 1 saturated carbocycles. The van der Waals surface area contributed by atoms with Gasteiger partial charge in [0.1, 0.15) is 5.75 Å². The molecule has 1 aliphatic carbocycles. The number of likely N-dealkylation sites (tertiary alicyclic amines) is 1. The number of piperidine rings is 1. The van der Waals surface area contributed by atoms with Crippen LogP contribution in [0, 0.1) is 5.92 Å². The number of aromatic nitrogens is 3. The lowest BCUT2D eigenvalue weighted by molar-refractivity contribution is -0.137. The van der Waals surface area contributed by atoms with E-state index in [9.17, 15) is 23.1 Å². The number of carbonyl (C=O) groups excluding carboxylic acids is 1. The number of carbonyl (C=O) groups is 1. The van der Waals surface area contributed by atoms with Crippen molar-refractivity contribution in [2.75, 3.05) is 25.4 Å². The fourth-order valence-corrected chi connectivity index (χ4v) is 6.12. The second kappa shape index (κ2) is 9.23. The number of ketones is 1. The summed E-state index contributed by atoms with van der Waals surface area (Å²) >= 11 is 1.58. The van der Waals surface area contributed by atoms with Gasteiger partial charge in [0.25, 0.3) is 0 Å². The third-order valence-corrected chi connectivity index (χ3v) is 8.43. The van der Waals surface area contributed by atoms with Gasteiger partial charge in [-0.25, -0.2) is 0 Å². The zero-order valence-corrected chi connectivity index (χ0v) is 20.9. The van der Waals surface area contributed by atoms with Crippen molar-refractivity contribution in [3.05, 3.63) is 59.2 Å². The van der Waals surface area contributed by atoms with Crippen LogP contribution in [0.4, 0.5) is 13.2 Å². The van der Waals surface area contributed by atoms with Crippen LogP contribution >= 0.6 is 11.8 Å². The second-order valence-corrected chi connectivity index (χ2v) is 10.8. The minimum Gasteiger partial charge on any atom is -0.507 e. The predicted molar refractivity (Wildman–Crippen MR) is 131 cm³/mol. The van der Waals surface area contributed by atoms with Crippen molar-refractivity contribution in [2.45, 2.75) is 36.5 Å². The summed E-state index contributed by atoms with van der Waals surface area (Å²) in [4.78, 5) is 14.3. The quantitative estimate of drug-likeness (QED) is 0.253. The van der Waals surface area contributed by atoms with Gasteiger partial charge in [0.2, 0.25) is 0 Å². The highest BCUT2D eigenvalue weighted by Gasteiger charge is 2.60. The van der Waals surface area contributed by atoms with Crippen LogP contribution in [0.3, 0.4) is 0 Å². The van der Waals surface area contributed by atoms with Crippen LogP contribution in [0.15, 0.2) is 47.6 Å². The minimum absolute atomic E-state index is 0.0389. The summed E-state index contributed by atoms with van der Waals surface area (Å²) in [6, 6.07) is 10.4. The topological polar surface area (TPSA) is 71.2 Å². The van der Waals surface area contributed by atoms with Gasteiger partial charge in [0.15, 0.2) is 16.8 Å². The molecule has 2 fully saturated rings. The number of Topliss-reactive ketones (excluding diaryl/α,β-unsaturated/α-hetero) is 1. The van der Waals surface area contributed by atoms with E-state index in [1.165, 1.54) is 19.1 Å². The SMILES string of the molecule is CC(=O)c1cc(C23C[C@H]2CN(CCCSc2nnc(-c4ccc(C(F)(F)F)cc4)n2C)C3)ccc1O. The number of hydrogen-bond acceptors (Lipinski definition) is 6. The van der Waals surface area contributed by atoms with Crippen LogP contribution in [0.5, 0.6) is 5.75 Å². The Labute approximate surface area is 211 Å². The maximum atomic E-state index is 12.8. The zero-order chi connectivity index (χ0) is 25.7. The van der Waals surface area contributed by atoms with Crippen molar-refractivity contribution >= 4 is 17.5 Å². The lowest BCUT2D eigenvalue weighted by atomic mass is 9.92. The first-order valence-electron chi connectivity index (χ1n) is 11.8. The third kappa shape index (κ3) is 4.64. The van der Waals surface area contributed by atoms with E-state index in [-0.39, 0.29) is 16.9 Å². The largest absolute Gasteiger partial charge is 0.507 e. The van der Waals surface area contributed by atoms with E-state index in [1.54, 1.807) is 17.8 Å². The highest BCUT2D eigenvalue weighted by molar-refractivity contribution is 7.99. The molecule has 2 aliphatic rings. The molecular formula is C26H27F3N4O2S. The molecule has 3 aromatic rings. The van der Waals surface area contributed by atoms with Crippen LogP contribution in [0.25, 0.3) is 11.4 Å². The smallest absolute Gasteiger partial charge is 0.416 e. The number of phenols is 1. The van der Waals surface area contributed by atoms with Crippen LogP contribution in [0.1, 0.15) is 41.3 Å². The standard InChI is InChI=1S/C26H27F3N4O2S/c1-16(34)21-12-19(8-9-22(21)35)25-13-20(25)14-33(15-25)10-3-11-36-24-31-30-23(32(24)2)17-4-6-18(7-5-17)26(27,28)29/h4-9,12,20,35H,3,10-11,13-15H2,1-2H3/t20-,25?/m0/s1. The lowest BCUT2D eigenvalue weighted by Gasteiger charge is -2.21. The number of phenolic OH excluding ortho intramolecular Hbond substituents is 1. The Morgan fingerprint density at radius 3 is 2.64 bits per heavy atom. The Morgan fingerprint density at radius 2 is 1.94 bits per heavy atom. The van der Waals surface area contributed by atoms with Crippen molar-refractivity contribution in [1.82, 2.24) is 19.7 Å². The maximum Gasteiger partial charge on any atom is 0.416 e. The fraction of sp³-hybridized carbons (Fsp3) is 0.423. The molecule has 2 aromatic carbocycles. The third-order valence-electron chi connectivity index (χ3n) is 7.32. The molecule has 1 N–H and O–H groups in total. The van der Waals surface area contributed by atoms with Gasteiger partial charge >= 0.3 is 6.18 Å². The zero-order valence-electron chi connectivity index (χ0n) is 20.0. The normalized spacial score (nSPS) is 21.5. The molecule has 1 unspecified atom stereocenters. The summed E-state index contributed by atoms with van der Waals surface area (Å²) in [5, 5.41) is 19.1. The second-order valence-electron chi connectivity index (χ2n) is 9.72. The minimum atomic E-state index is -4.36. The highest BCUT2D eigenvalue weighted by atomic mass is 32.2. The van der Waals surface area contributed by atoms with E-state index in [0.717, 1.165) is 61.1 Å². The molecule has 1 saturated heterocycles. The number of thioether (sulfide) groups is 1. The van der Waals surface area contributed by atoms with E-state index >= 15 is 0 Å². The average Bonchev–Trinajstić information content (AvgIpc) is 3.21. The average molecular weight is 517 g/mol. The molecule has 2 heterocycles. The molecule has 190 valence electrons. The van der Waals surface area contributed by atoms with E-state index in [1.807, 2.05) is 23.7 Å². The molecule has 10 heteroatoms. The van der Waals surface area contributed by atoms with Crippen molar-refractivity contribution < 1.29 is 23.1 Å². The van der Waals surface area contributed by atoms with Crippen LogP contribution in [-0.2, 0) is 18.6 Å². The highest BCUT2D eigenvalue weighted by Crippen LogP contribution is 2.59. The summed E-state index contributed by atoms with van der Waals surface area (Å²) in [6.45, 7) is 4.41. The van der Waals surface area contributed by atoms with Crippen LogP contribution < -0.4 is 0 Å². The number of aromatic hydroxyl groups is 1. The maximum absolute atomic E-state index is 12.8. The number of rotatable bonds is 8. The summed E-state index contributed by atoms with van der Waals surface area (Å²) in [7, 11) is 1.82. The number of nitrogens with zero attached hydrogens (tertiary/aromatic N) is 4. The van der Waals surface area contributed by atoms with Gasteiger partial charge in [-0.05, 0) is 62.1 Å². The van der Waals surface area contributed by atoms with Gasteiger partial charge < -0.3 is 14.6 Å². The molecule has 5 rings (SSSR count). The molecule has 6 nitrogen and oxygen atoms in total. The van der Waals surface area contributed by atoms with E-state index in [0.29, 0.717) is 22.9 Å². The van der Waals surface area contributed by atoms with E-state index < -0.39 is 11.7 Å². The molecular weight excluding hydrogens is 489 g/mol. The summed E-state index contributed by atoms with van der Waals surface area (Å²) < 4.78 is 40.3. The first kappa shape index (κ1) is 24.8. The van der Waals surface area contributed by atoms with Gasteiger partial charge in [-0.1, -0.05) is 30.0 Å². The van der Waals surface area contributed by atoms with Gasteiger partial charge in [-0.15, -0.1) is 10.2 Å². The predicted octanol–water partition coefficient (Wildman–Crippen LogP) is 5.16. The summed E-state index contributed by atoms with van der Waals surface area (Å²) in [5.41, 5.74) is 1.53. The molecule has 0 radical (unpaired) electrons.